The van der Waals surface area contributed by atoms with Gasteiger partial charge in [0.1, 0.15) is 6.04 Å². The first kappa shape index (κ1) is 22.1. The lowest BCUT2D eigenvalue weighted by Crippen LogP contribution is -2.63. The van der Waals surface area contributed by atoms with Gasteiger partial charge in [0.2, 0.25) is 17.6 Å². The highest BCUT2D eigenvalue weighted by atomic mass is 16.5. The van der Waals surface area contributed by atoms with Crippen molar-refractivity contribution >= 4 is 22.7 Å². The van der Waals surface area contributed by atoms with Crippen LogP contribution >= 0.6 is 0 Å². The fraction of sp³-hybridized carbons (Fsp3) is 0.360. The number of nitrogens with zero attached hydrogens (tertiary/aromatic N) is 2. The molecule has 0 saturated carbocycles. The van der Waals surface area contributed by atoms with Gasteiger partial charge in [-0.1, -0.05) is 18.2 Å². The first-order valence-electron chi connectivity index (χ1n) is 11.1. The van der Waals surface area contributed by atoms with E-state index in [0.29, 0.717) is 23.7 Å². The SMILES string of the molecule is COc1cc([C@H]2c3[nH]c4ccccc4c3C[C@H]3C(=O)N(CCO)CC(=O)N23)cc(OC)c1OC. The highest BCUT2D eigenvalue weighted by Crippen LogP contribution is 2.46. The molecule has 0 unspecified atom stereocenters. The Bertz CT molecular complexity index is 1240. The van der Waals surface area contributed by atoms with Gasteiger partial charge in [0, 0.05) is 29.6 Å². The summed E-state index contributed by atoms with van der Waals surface area (Å²) < 4.78 is 16.6. The van der Waals surface area contributed by atoms with E-state index >= 15 is 0 Å². The average molecular weight is 466 g/mol. The molecule has 34 heavy (non-hydrogen) atoms. The summed E-state index contributed by atoms with van der Waals surface area (Å²) in [6.07, 6.45) is 0.396. The predicted octanol–water partition coefficient (Wildman–Crippen LogP) is 1.87. The monoisotopic (exact) mass is 465 g/mol. The molecule has 2 aliphatic heterocycles. The first-order valence-corrected chi connectivity index (χ1v) is 11.1. The molecule has 2 N–H and O–H groups in total. The van der Waals surface area contributed by atoms with Crippen LogP contribution in [0.2, 0.25) is 0 Å². The molecule has 2 atom stereocenters. The standard InChI is InChI=1S/C25H27N3O6/c1-32-19-10-14(11-20(33-2)24(19)34-3)23-22-16(15-6-4-5-7-17(15)26-22)12-18-25(31)27(8-9-29)13-21(30)28(18)23/h4-7,10-11,18,23,26,29H,8-9,12-13H2,1-3H3/t18-,23-/m0/s1. The average Bonchev–Trinajstić information content (AvgIpc) is 3.23. The second-order valence-electron chi connectivity index (χ2n) is 8.43. The van der Waals surface area contributed by atoms with Crippen molar-refractivity contribution in [2.45, 2.75) is 18.5 Å². The van der Waals surface area contributed by atoms with Crippen LogP contribution in [0.25, 0.3) is 10.9 Å². The minimum absolute atomic E-state index is 0.0770. The summed E-state index contributed by atoms with van der Waals surface area (Å²) in [7, 11) is 4.62. The number of carbonyl (C=O) groups is 2. The van der Waals surface area contributed by atoms with E-state index in [9.17, 15) is 14.7 Å². The number of rotatable bonds is 6. The van der Waals surface area contributed by atoms with Crippen LogP contribution in [0.1, 0.15) is 22.9 Å². The number of H-pyrrole nitrogens is 1. The number of aliphatic hydroxyl groups is 1. The third kappa shape index (κ3) is 3.27. The van der Waals surface area contributed by atoms with E-state index in [-0.39, 0.29) is 31.5 Å². The number of aromatic amines is 1. The Labute approximate surface area is 196 Å². The molecule has 178 valence electrons. The maximum Gasteiger partial charge on any atom is 0.246 e. The van der Waals surface area contributed by atoms with Crippen LogP contribution in [0.5, 0.6) is 17.2 Å². The van der Waals surface area contributed by atoms with E-state index in [1.807, 2.05) is 36.4 Å². The Hall–Kier alpha value is -3.72. The zero-order chi connectivity index (χ0) is 24.0. The van der Waals surface area contributed by atoms with Gasteiger partial charge in [-0.3, -0.25) is 9.59 Å². The minimum atomic E-state index is -0.677. The van der Waals surface area contributed by atoms with Crippen molar-refractivity contribution in [3.63, 3.8) is 0 Å². The van der Waals surface area contributed by atoms with E-state index in [0.717, 1.165) is 27.7 Å². The van der Waals surface area contributed by atoms with Crippen molar-refractivity contribution in [2.75, 3.05) is 41.0 Å². The first-order chi connectivity index (χ1) is 16.5. The number of carbonyl (C=O) groups excluding carboxylic acids is 2. The molecule has 0 radical (unpaired) electrons. The molecule has 9 nitrogen and oxygen atoms in total. The third-order valence-corrected chi connectivity index (χ3v) is 6.72. The zero-order valence-corrected chi connectivity index (χ0v) is 19.3. The number of methoxy groups -OCH3 is 3. The molecule has 0 bridgehead atoms. The highest BCUT2D eigenvalue weighted by molar-refractivity contribution is 5.97. The normalized spacial score (nSPS) is 19.8. The quantitative estimate of drug-likeness (QED) is 0.576. The van der Waals surface area contributed by atoms with E-state index in [1.54, 1.807) is 19.1 Å². The minimum Gasteiger partial charge on any atom is -0.493 e. The maximum absolute atomic E-state index is 13.4. The largest absolute Gasteiger partial charge is 0.493 e. The number of β-amino-alcohol motifs (C(OH)–C–C–N with tert-alkyl or cyclic N) is 1. The summed E-state index contributed by atoms with van der Waals surface area (Å²) in [5, 5.41) is 10.4. The summed E-state index contributed by atoms with van der Waals surface area (Å²) in [5.74, 6) is 1.04. The number of amides is 2. The van der Waals surface area contributed by atoms with Crippen LogP contribution in [0.15, 0.2) is 36.4 Å². The number of aliphatic hydroxyl groups excluding tert-OH is 1. The molecule has 5 rings (SSSR count). The van der Waals surface area contributed by atoms with Gasteiger partial charge in [-0.2, -0.15) is 0 Å². The van der Waals surface area contributed by atoms with Gasteiger partial charge in [-0.25, -0.2) is 0 Å². The number of aromatic nitrogens is 1. The topological polar surface area (TPSA) is 104 Å². The maximum atomic E-state index is 13.4. The molecule has 3 heterocycles. The van der Waals surface area contributed by atoms with Gasteiger partial charge >= 0.3 is 0 Å². The van der Waals surface area contributed by atoms with Gasteiger partial charge in [0.05, 0.1) is 40.5 Å². The van der Waals surface area contributed by atoms with Crippen molar-refractivity contribution in [2.24, 2.45) is 0 Å². The number of hydrogen-bond donors (Lipinski definition) is 2. The van der Waals surface area contributed by atoms with Crippen LogP contribution in [0, 0.1) is 0 Å². The Morgan fingerprint density at radius 2 is 1.76 bits per heavy atom. The van der Waals surface area contributed by atoms with Gasteiger partial charge in [-0.15, -0.1) is 0 Å². The molecule has 2 amide bonds. The second-order valence-corrected chi connectivity index (χ2v) is 8.43. The van der Waals surface area contributed by atoms with Crippen LogP contribution in [-0.4, -0.2) is 78.8 Å². The van der Waals surface area contributed by atoms with Gasteiger partial charge in [0.15, 0.2) is 11.5 Å². The molecule has 2 aromatic carbocycles. The molecule has 3 aromatic rings. The lowest BCUT2D eigenvalue weighted by atomic mass is 9.86. The summed E-state index contributed by atoms with van der Waals surface area (Å²) in [6, 6.07) is 10.3. The fourth-order valence-corrected chi connectivity index (χ4v) is 5.24. The summed E-state index contributed by atoms with van der Waals surface area (Å²) in [4.78, 5) is 33.5. The van der Waals surface area contributed by atoms with Crippen molar-refractivity contribution < 1.29 is 28.9 Å². The van der Waals surface area contributed by atoms with Crippen molar-refractivity contribution in [1.82, 2.24) is 14.8 Å². The fourth-order valence-electron chi connectivity index (χ4n) is 5.24. The Morgan fingerprint density at radius 3 is 2.41 bits per heavy atom. The van der Waals surface area contributed by atoms with E-state index in [1.165, 1.54) is 12.0 Å². The molecule has 1 aromatic heterocycles. The molecule has 0 spiro atoms. The lowest BCUT2D eigenvalue weighted by molar-refractivity contribution is -0.159. The smallest absolute Gasteiger partial charge is 0.246 e. The molecular formula is C25H27N3O6. The molecular weight excluding hydrogens is 438 g/mol. The summed E-state index contributed by atoms with van der Waals surface area (Å²) >= 11 is 0. The van der Waals surface area contributed by atoms with Crippen LogP contribution in [0.4, 0.5) is 0 Å². The van der Waals surface area contributed by atoms with Crippen LogP contribution in [-0.2, 0) is 16.0 Å². The molecule has 2 aliphatic rings. The number of ether oxygens (including phenoxy) is 3. The van der Waals surface area contributed by atoms with E-state index in [4.69, 9.17) is 14.2 Å². The molecule has 0 aliphatic carbocycles. The second kappa shape index (κ2) is 8.57. The molecule has 9 heteroatoms. The van der Waals surface area contributed by atoms with Crippen molar-refractivity contribution in [3.8, 4) is 17.2 Å². The number of benzene rings is 2. The van der Waals surface area contributed by atoms with Gasteiger partial charge in [0.25, 0.3) is 0 Å². The van der Waals surface area contributed by atoms with Crippen LogP contribution < -0.4 is 14.2 Å². The number of nitrogens with one attached hydrogen (secondary N) is 1. The van der Waals surface area contributed by atoms with E-state index < -0.39 is 12.1 Å². The lowest BCUT2D eigenvalue weighted by Gasteiger charge is -2.47. The molecule has 1 fully saturated rings. The predicted molar refractivity (Wildman–Crippen MR) is 124 cm³/mol. The van der Waals surface area contributed by atoms with Crippen molar-refractivity contribution in [3.05, 3.63) is 53.2 Å². The van der Waals surface area contributed by atoms with Gasteiger partial charge < -0.3 is 34.1 Å². The Balaban J connectivity index is 1.74. The van der Waals surface area contributed by atoms with Gasteiger partial charge in [-0.05, 0) is 29.3 Å². The number of hydrogen-bond acceptors (Lipinski definition) is 6. The Kier molecular flexibility index (Phi) is 5.57. The van der Waals surface area contributed by atoms with Crippen molar-refractivity contribution in [1.29, 1.82) is 0 Å². The summed E-state index contributed by atoms with van der Waals surface area (Å²) in [5.41, 5.74) is 3.55. The summed E-state index contributed by atoms with van der Waals surface area (Å²) in [6.45, 7) is -0.142. The third-order valence-electron chi connectivity index (χ3n) is 6.72. The molecule has 1 saturated heterocycles. The zero-order valence-electron chi connectivity index (χ0n) is 19.3. The van der Waals surface area contributed by atoms with E-state index in [2.05, 4.69) is 4.98 Å². The highest BCUT2D eigenvalue weighted by Gasteiger charge is 2.48. The Morgan fingerprint density at radius 1 is 1.06 bits per heavy atom. The van der Waals surface area contributed by atoms with Crippen LogP contribution in [0.3, 0.4) is 0 Å². The number of piperazine rings is 1. The number of para-hydroxylation sites is 1. The number of fused-ring (bicyclic) bond motifs is 4.